The van der Waals surface area contributed by atoms with E-state index in [0.717, 1.165) is 27.9 Å². The van der Waals surface area contributed by atoms with Crippen molar-refractivity contribution < 1.29 is 18.8 Å². The van der Waals surface area contributed by atoms with Crippen LogP contribution >= 0.6 is 0 Å². The number of benzene rings is 1. The molecular formula is C22H35BN2O4. The fourth-order valence-corrected chi connectivity index (χ4v) is 2.99. The normalized spacial score (nSPS) is 18.7. The molecule has 0 unspecified atom stereocenters. The molecule has 1 aliphatic rings. The van der Waals surface area contributed by atoms with Crippen LogP contribution in [0.5, 0.6) is 0 Å². The van der Waals surface area contributed by atoms with Gasteiger partial charge in [0.25, 0.3) is 0 Å². The van der Waals surface area contributed by atoms with Gasteiger partial charge < -0.3 is 25.1 Å². The van der Waals surface area contributed by atoms with Crippen LogP contribution in [0.15, 0.2) is 17.6 Å². The van der Waals surface area contributed by atoms with Crippen molar-refractivity contribution in [1.29, 1.82) is 0 Å². The number of hydrogen-bond donors (Lipinski definition) is 2. The Morgan fingerprint density at radius 3 is 2.07 bits per heavy atom. The lowest BCUT2D eigenvalue weighted by Gasteiger charge is -2.32. The summed E-state index contributed by atoms with van der Waals surface area (Å²) in [6.45, 7) is 17.7. The van der Waals surface area contributed by atoms with Crippen molar-refractivity contribution in [2.75, 3.05) is 12.3 Å². The van der Waals surface area contributed by atoms with E-state index in [1.54, 1.807) is 0 Å². The molecule has 0 atom stereocenters. The summed E-state index contributed by atoms with van der Waals surface area (Å²) in [7, 11) is -0.576. The number of carbonyl (C=O) groups is 1. The molecule has 1 aromatic carbocycles. The van der Waals surface area contributed by atoms with Crippen molar-refractivity contribution in [1.82, 2.24) is 5.32 Å². The molecule has 3 N–H and O–H groups in total. The van der Waals surface area contributed by atoms with Gasteiger partial charge in [0.15, 0.2) is 0 Å². The van der Waals surface area contributed by atoms with E-state index in [2.05, 4.69) is 5.32 Å². The zero-order chi connectivity index (χ0) is 22.2. The van der Waals surface area contributed by atoms with E-state index in [1.165, 1.54) is 0 Å². The summed E-state index contributed by atoms with van der Waals surface area (Å²) in [6, 6.07) is 4.03. The Hall–Kier alpha value is -1.99. The lowest BCUT2D eigenvalue weighted by molar-refractivity contribution is 0.00578. The number of carbonyl (C=O) groups excluding carboxylic acids is 1. The average molecular weight is 402 g/mol. The van der Waals surface area contributed by atoms with Gasteiger partial charge in [-0.15, -0.1) is 0 Å². The summed E-state index contributed by atoms with van der Waals surface area (Å²) in [5.41, 5.74) is 9.14. The van der Waals surface area contributed by atoms with Crippen LogP contribution in [0, 0.1) is 13.8 Å². The lowest BCUT2D eigenvalue weighted by atomic mass is 9.76. The zero-order valence-electron chi connectivity index (χ0n) is 19.2. The molecule has 1 amide bonds. The van der Waals surface area contributed by atoms with Crippen LogP contribution in [0.25, 0.3) is 6.08 Å². The first-order chi connectivity index (χ1) is 13.1. The number of nitrogen functional groups attached to an aromatic ring is 1. The summed E-state index contributed by atoms with van der Waals surface area (Å²) in [5.74, 6) is 0. The highest BCUT2D eigenvalue weighted by Crippen LogP contribution is 2.38. The highest BCUT2D eigenvalue weighted by Gasteiger charge is 2.52. The fraction of sp³-hybridized carbons (Fsp3) is 0.591. The Morgan fingerprint density at radius 2 is 1.62 bits per heavy atom. The fourth-order valence-electron chi connectivity index (χ4n) is 2.99. The number of nitrogens with one attached hydrogen (secondary N) is 1. The van der Waals surface area contributed by atoms with Crippen molar-refractivity contribution in [2.45, 2.75) is 79.1 Å². The van der Waals surface area contributed by atoms with E-state index in [0.29, 0.717) is 0 Å². The molecule has 29 heavy (non-hydrogen) atoms. The average Bonchev–Trinajstić information content (AvgIpc) is 2.75. The standard InChI is InChI=1S/C22H35BN2O4/c1-14-10-16(11-15(2)18(14)24)12-17(13-25-19(26)27-20(3,4)5)23-28-21(6,7)22(8,9)29-23/h10-12H,13,24H2,1-9H3,(H,25,26). The molecule has 6 nitrogen and oxygen atoms in total. The SMILES string of the molecule is Cc1cc(C=C(CNC(=O)OC(C)(C)C)B2OC(C)(C)C(C)(C)O2)cc(C)c1N. The van der Waals surface area contributed by atoms with E-state index in [1.807, 2.05) is 80.5 Å². The van der Waals surface area contributed by atoms with Crippen LogP contribution in [0.3, 0.4) is 0 Å². The lowest BCUT2D eigenvalue weighted by Crippen LogP contribution is -2.41. The van der Waals surface area contributed by atoms with Crippen LogP contribution in [-0.4, -0.2) is 36.6 Å². The van der Waals surface area contributed by atoms with E-state index >= 15 is 0 Å². The second-order valence-corrected chi connectivity index (χ2v) is 9.73. The van der Waals surface area contributed by atoms with Crippen LogP contribution < -0.4 is 11.1 Å². The molecule has 160 valence electrons. The molecule has 0 aromatic heterocycles. The topological polar surface area (TPSA) is 82.8 Å². The third-order valence-corrected chi connectivity index (χ3v) is 5.36. The predicted molar refractivity (Wildman–Crippen MR) is 119 cm³/mol. The van der Waals surface area contributed by atoms with Gasteiger partial charge in [0.1, 0.15) is 5.60 Å². The van der Waals surface area contributed by atoms with Gasteiger partial charge in [-0.1, -0.05) is 18.2 Å². The van der Waals surface area contributed by atoms with E-state index in [9.17, 15) is 4.79 Å². The van der Waals surface area contributed by atoms with Crippen molar-refractivity contribution in [3.05, 3.63) is 34.3 Å². The highest BCUT2D eigenvalue weighted by atomic mass is 16.7. The molecule has 0 radical (unpaired) electrons. The van der Waals surface area contributed by atoms with E-state index < -0.39 is 30.0 Å². The molecule has 1 aliphatic heterocycles. The van der Waals surface area contributed by atoms with Crippen molar-refractivity contribution in [3.63, 3.8) is 0 Å². The van der Waals surface area contributed by atoms with Gasteiger partial charge in [-0.05, 0) is 84.5 Å². The molecule has 1 fully saturated rings. The van der Waals surface area contributed by atoms with Gasteiger partial charge in [-0.2, -0.15) is 0 Å². The molecule has 0 spiro atoms. The van der Waals surface area contributed by atoms with Gasteiger partial charge in [-0.25, -0.2) is 4.79 Å². The Bertz CT molecular complexity index is 771. The Morgan fingerprint density at radius 1 is 1.14 bits per heavy atom. The van der Waals surface area contributed by atoms with Gasteiger partial charge >= 0.3 is 13.2 Å². The molecule has 1 heterocycles. The Kier molecular flexibility index (Phi) is 6.45. The second kappa shape index (κ2) is 8.03. The Balaban J connectivity index is 2.32. The number of aryl methyl sites for hydroxylation is 2. The maximum absolute atomic E-state index is 12.2. The smallest absolute Gasteiger partial charge is 0.444 e. The number of hydrogen-bond acceptors (Lipinski definition) is 5. The molecule has 1 saturated heterocycles. The predicted octanol–water partition coefficient (Wildman–Crippen LogP) is 4.43. The summed E-state index contributed by atoms with van der Waals surface area (Å²) in [4.78, 5) is 12.2. The van der Waals surface area contributed by atoms with E-state index in [-0.39, 0.29) is 6.54 Å². The molecule has 0 bridgehead atoms. The van der Waals surface area contributed by atoms with E-state index in [4.69, 9.17) is 19.8 Å². The molecular weight excluding hydrogens is 367 g/mol. The first kappa shape index (κ1) is 23.3. The number of nitrogens with two attached hydrogens (primary N) is 1. The van der Waals surface area contributed by atoms with Crippen molar-refractivity contribution in [3.8, 4) is 0 Å². The largest absolute Gasteiger partial charge is 0.492 e. The maximum atomic E-state index is 12.2. The summed E-state index contributed by atoms with van der Waals surface area (Å²) < 4.78 is 17.8. The van der Waals surface area contributed by atoms with Crippen LogP contribution in [-0.2, 0) is 14.0 Å². The molecule has 7 heteroatoms. The molecule has 1 aromatic rings. The highest BCUT2D eigenvalue weighted by molar-refractivity contribution is 6.56. The maximum Gasteiger partial charge on any atom is 0.492 e. The minimum absolute atomic E-state index is 0.244. The quantitative estimate of drug-likeness (QED) is 0.575. The van der Waals surface area contributed by atoms with Crippen molar-refractivity contribution in [2.24, 2.45) is 0 Å². The van der Waals surface area contributed by atoms with Gasteiger partial charge in [0, 0.05) is 12.2 Å². The first-order valence-corrected chi connectivity index (χ1v) is 10.0. The number of anilines is 1. The number of alkyl carbamates (subject to hydrolysis) is 1. The molecule has 0 saturated carbocycles. The van der Waals surface area contributed by atoms with Gasteiger partial charge in [0.2, 0.25) is 0 Å². The zero-order valence-corrected chi connectivity index (χ0v) is 19.2. The minimum Gasteiger partial charge on any atom is -0.444 e. The second-order valence-electron chi connectivity index (χ2n) is 9.73. The van der Waals surface area contributed by atoms with Crippen LogP contribution in [0.1, 0.15) is 65.2 Å². The number of rotatable bonds is 4. The third kappa shape index (κ3) is 5.76. The van der Waals surface area contributed by atoms with Gasteiger partial charge in [0.05, 0.1) is 11.2 Å². The van der Waals surface area contributed by atoms with Crippen LogP contribution in [0.4, 0.5) is 10.5 Å². The minimum atomic E-state index is -0.576. The Labute approximate surface area is 175 Å². The molecule has 0 aliphatic carbocycles. The number of ether oxygens (including phenoxy) is 1. The summed E-state index contributed by atoms with van der Waals surface area (Å²) in [6.07, 6.45) is 1.50. The summed E-state index contributed by atoms with van der Waals surface area (Å²) in [5, 5.41) is 2.82. The van der Waals surface area contributed by atoms with Crippen molar-refractivity contribution >= 4 is 25.0 Å². The number of amides is 1. The first-order valence-electron chi connectivity index (χ1n) is 10.0. The van der Waals surface area contributed by atoms with Gasteiger partial charge in [-0.3, -0.25) is 0 Å². The molecule has 2 rings (SSSR count). The summed E-state index contributed by atoms with van der Waals surface area (Å²) >= 11 is 0. The third-order valence-electron chi connectivity index (χ3n) is 5.36. The monoisotopic (exact) mass is 402 g/mol. The van der Waals surface area contributed by atoms with Crippen LogP contribution in [0.2, 0.25) is 0 Å².